The highest BCUT2D eigenvalue weighted by Gasteiger charge is 2.20. The van der Waals surface area contributed by atoms with Crippen LogP contribution in [0.25, 0.3) is 5.00 Å². The maximum absolute atomic E-state index is 12.5. The Bertz CT molecular complexity index is 898. The Morgan fingerprint density at radius 3 is 2.48 bits per heavy atom. The highest BCUT2D eigenvalue weighted by molar-refractivity contribution is 7.14. The first kappa shape index (κ1) is 19.0. The smallest absolute Gasteiger partial charge is 0.319 e. The summed E-state index contributed by atoms with van der Waals surface area (Å²) in [4.78, 5) is 13.7. The second-order valence-corrected chi connectivity index (χ2v) is 7.57. The van der Waals surface area contributed by atoms with Gasteiger partial charge in [-0.25, -0.2) is 4.79 Å². The second-order valence-electron chi connectivity index (χ2n) is 6.37. The summed E-state index contributed by atoms with van der Waals surface area (Å²) in [6, 6.07) is 11.0. The molecule has 2 aromatic heterocycles. The number of aryl methyl sites for hydroxylation is 1. The van der Waals surface area contributed by atoms with Crippen molar-refractivity contribution in [1.82, 2.24) is 9.88 Å². The first-order valence-corrected chi connectivity index (χ1v) is 9.84. The molecule has 2 amide bonds. The van der Waals surface area contributed by atoms with E-state index in [2.05, 4.69) is 29.0 Å². The number of carbonyl (C=O) groups is 1. The minimum atomic E-state index is -0.228. The number of ether oxygens (including phenoxy) is 1. The summed E-state index contributed by atoms with van der Waals surface area (Å²) in [5.74, 6) is 0.789. The molecule has 0 radical (unpaired) electrons. The van der Waals surface area contributed by atoms with Crippen molar-refractivity contribution in [3.8, 4) is 10.8 Å². The van der Waals surface area contributed by atoms with E-state index in [1.807, 2.05) is 62.6 Å². The van der Waals surface area contributed by atoms with Gasteiger partial charge in [0.05, 0.1) is 12.6 Å². The summed E-state index contributed by atoms with van der Waals surface area (Å²) >= 11 is 1.74. The molecule has 1 aromatic carbocycles. The number of urea groups is 1. The number of aromatic nitrogens is 1. The zero-order valence-electron chi connectivity index (χ0n) is 16.1. The van der Waals surface area contributed by atoms with Crippen LogP contribution < -0.4 is 15.4 Å². The number of benzene rings is 1. The van der Waals surface area contributed by atoms with Crippen molar-refractivity contribution in [3.63, 3.8) is 0 Å². The zero-order valence-corrected chi connectivity index (χ0v) is 16.9. The van der Waals surface area contributed by atoms with E-state index in [4.69, 9.17) is 4.74 Å². The number of nitrogens with one attached hydrogen (secondary N) is 2. The van der Waals surface area contributed by atoms with Crippen LogP contribution in [0.15, 0.2) is 48.8 Å². The summed E-state index contributed by atoms with van der Waals surface area (Å²) in [6.45, 7) is 8.80. The lowest BCUT2D eigenvalue weighted by atomic mass is 10.1. The first-order chi connectivity index (χ1) is 13.0. The van der Waals surface area contributed by atoms with Crippen molar-refractivity contribution < 1.29 is 9.53 Å². The van der Waals surface area contributed by atoms with Crippen LogP contribution in [-0.2, 0) is 0 Å². The van der Waals surface area contributed by atoms with Gasteiger partial charge in [-0.1, -0.05) is 0 Å². The molecule has 3 aromatic rings. The lowest BCUT2D eigenvalue weighted by molar-refractivity contribution is 0.249. The molecule has 0 aliphatic heterocycles. The number of amides is 2. The van der Waals surface area contributed by atoms with E-state index in [9.17, 15) is 4.79 Å². The molecule has 0 saturated heterocycles. The van der Waals surface area contributed by atoms with Crippen molar-refractivity contribution in [1.29, 1.82) is 0 Å². The average Bonchev–Trinajstić information content (AvgIpc) is 3.26. The van der Waals surface area contributed by atoms with E-state index in [0.29, 0.717) is 6.61 Å². The number of rotatable bonds is 6. The van der Waals surface area contributed by atoms with Crippen LogP contribution in [0.1, 0.15) is 35.9 Å². The van der Waals surface area contributed by atoms with Gasteiger partial charge in [-0.15, -0.1) is 11.3 Å². The third-order valence-corrected chi connectivity index (χ3v) is 5.69. The lowest BCUT2D eigenvalue weighted by Gasteiger charge is -2.17. The van der Waals surface area contributed by atoms with Crippen LogP contribution in [0.3, 0.4) is 0 Å². The summed E-state index contributed by atoms with van der Waals surface area (Å²) in [7, 11) is 0. The third-order valence-electron chi connectivity index (χ3n) is 4.46. The minimum absolute atomic E-state index is 0.116. The van der Waals surface area contributed by atoms with Gasteiger partial charge in [-0.3, -0.25) is 0 Å². The van der Waals surface area contributed by atoms with E-state index in [1.54, 1.807) is 11.3 Å². The van der Waals surface area contributed by atoms with Crippen LogP contribution in [0, 0.1) is 13.8 Å². The van der Waals surface area contributed by atoms with Gasteiger partial charge in [-0.05, 0) is 69.7 Å². The Morgan fingerprint density at radius 1 is 1.19 bits per heavy atom. The highest BCUT2D eigenvalue weighted by Crippen LogP contribution is 2.35. The van der Waals surface area contributed by atoms with Crippen LogP contribution in [0.2, 0.25) is 0 Å². The van der Waals surface area contributed by atoms with Gasteiger partial charge < -0.3 is 19.9 Å². The summed E-state index contributed by atoms with van der Waals surface area (Å²) in [6.07, 6.45) is 4.06. The van der Waals surface area contributed by atoms with Crippen molar-refractivity contribution in [2.24, 2.45) is 0 Å². The Morgan fingerprint density at radius 2 is 1.85 bits per heavy atom. The largest absolute Gasteiger partial charge is 0.494 e. The molecule has 2 N–H and O–H groups in total. The van der Waals surface area contributed by atoms with Crippen molar-refractivity contribution in [3.05, 3.63) is 64.8 Å². The topological polar surface area (TPSA) is 55.3 Å². The first-order valence-electron chi connectivity index (χ1n) is 9.03. The highest BCUT2D eigenvalue weighted by atomic mass is 32.1. The van der Waals surface area contributed by atoms with Gasteiger partial charge in [0.15, 0.2) is 0 Å². The van der Waals surface area contributed by atoms with Crippen LogP contribution >= 0.6 is 11.3 Å². The molecular weight excluding hydrogens is 358 g/mol. The molecule has 5 nitrogen and oxygen atoms in total. The molecule has 0 fully saturated rings. The van der Waals surface area contributed by atoms with Gasteiger partial charge >= 0.3 is 6.03 Å². The maximum atomic E-state index is 12.5. The van der Waals surface area contributed by atoms with Gasteiger partial charge in [-0.2, -0.15) is 0 Å². The fraction of sp³-hybridized carbons (Fsp3) is 0.286. The lowest BCUT2D eigenvalue weighted by Crippen LogP contribution is -2.31. The normalized spacial score (nSPS) is 11.9. The fourth-order valence-electron chi connectivity index (χ4n) is 3.04. The molecule has 1 atom stereocenters. The maximum Gasteiger partial charge on any atom is 0.319 e. The van der Waals surface area contributed by atoms with Crippen LogP contribution in [-0.4, -0.2) is 17.2 Å². The molecule has 27 heavy (non-hydrogen) atoms. The average molecular weight is 384 g/mol. The number of carbonyl (C=O) groups excluding carboxylic acids is 1. The molecule has 0 spiro atoms. The molecule has 0 unspecified atom stereocenters. The SMILES string of the molecule is CCOc1ccc(NC(=O)N[C@@H](C)c2c(-n3cccc3)sc(C)c2C)cc1. The van der Waals surface area contributed by atoms with Gasteiger partial charge in [0.1, 0.15) is 10.8 Å². The quantitative estimate of drug-likeness (QED) is 0.596. The number of nitrogens with zero attached hydrogens (tertiary/aromatic N) is 1. The van der Waals surface area contributed by atoms with Gasteiger partial charge in [0.2, 0.25) is 0 Å². The molecule has 0 saturated carbocycles. The van der Waals surface area contributed by atoms with E-state index in [0.717, 1.165) is 22.0 Å². The van der Waals surface area contributed by atoms with Crippen molar-refractivity contribution in [2.75, 3.05) is 11.9 Å². The number of hydrogen-bond donors (Lipinski definition) is 2. The Hall–Kier alpha value is -2.73. The molecule has 0 aliphatic carbocycles. The molecule has 2 heterocycles. The molecule has 6 heteroatoms. The molecule has 142 valence electrons. The van der Waals surface area contributed by atoms with E-state index < -0.39 is 0 Å². The zero-order chi connectivity index (χ0) is 19.4. The summed E-state index contributed by atoms with van der Waals surface area (Å²) in [5, 5.41) is 7.08. The molecule has 3 rings (SSSR count). The Balaban J connectivity index is 1.72. The van der Waals surface area contributed by atoms with Gasteiger partial charge in [0, 0.05) is 28.5 Å². The van der Waals surface area contributed by atoms with Crippen molar-refractivity contribution >= 4 is 23.1 Å². The number of thiophene rings is 1. The molecule has 0 bridgehead atoms. The standard InChI is InChI=1S/C21H25N3O2S/c1-5-26-18-10-8-17(9-11-18)23-21(25)22-15(3)19-14(2)16(4)27-20(19)24-12-6-7-13-24/h6-13,15H,5H2,1-4H3,(H2,22,23,25)/t15-/m0/s1. The predicted molar refractivity (Wildman–Crippen MR) is 111 cm³/mol. The Kier molecular flexibility index (Phi) is 5.86. The fourth-order valence-corrected chi connectivity index (χ4v) is 4.26. The van der Waals surface area contributed by atoms with Crippen LogP contribution in [0.4, 0.5) is 10.5 Å². The second kappa shape index (κ2) is 8.31. The van der Waals surface area contributed by atoms with Crippen molar-refractivity contribution in [2.45, 2.75) is 33.7 Å². The predicted octanol–water partition coefficient (Wildman–Crippen LogP) is 5.44. The third kappa shape index (κ3) is 4.34. The summed E-state index contributed by atoms with van der Waals surface area (Å²) < 4.78 is 7.52. The number of hydrogen-bond acceptors (Lipinski definition) is 3. The van der Waals surface area contributed by atoms with E-state index in [1.165, 1.54) is 10.4 Å². The Labute approximate surface area is 164 Å². The van der Waals surface area contributed by atoms with Crippen LogP contribution in [0.5, 0.6) is 5.75 Å². The molecule has 0 aliphatic rings. The van der Waals surface area contributed by atoms with E-state index in [-0.39, 0.29) is 12.1 Å². The monoisotopic (exact) mass is 383 g/mol. The van der Waals surface area contributed by atoms with E-state index >= 15 is 0 Å². The number of anilines is 1. The minimum Gasteiger partial charge on any atom is -0.494 e. The summed E-state index contributed by atoms with van der Waals surface area (Å²) in [5.41, 5.74) is 3.10. The van der Waals surface area contributed by atoms with Gasteiger partial charge in [0.25, 0.3) is 0 Å². The molecular formula is C21H25N3O2S.